The minimum Gasteiger partial charge on any atom is -0.374 e. The number of hydrogen-bond acceptors (Lipinski definition) is 4. The third kappa shape index (κ3) is 3.15. The predicted octanol–water partition coefficient (Wildman–Crippen LogP) is 1.21. The van der Waals surface area contributed by atoms with Gasteiger partial charge in [-0.2, -0.15) is 0 Å². The molecule has 5 nitrogen and oxygen atoms in total. The van der Waals surface area contributed by atoms with Crippen LogP contribution >= 0.6 is 0 Å². The van der Waals surface area contributed by atoms with Crippen molar-refractivity contribution in [3.05, 3.63) is 0 Å². The first-order valence-corrected chi connectivity index (χ1v) is 7.90. The monoisotopic (exact) mass is 283 g/mol. The van der Waals surface area contributed by atoms with E-state index in [2.05, 4.69) is 0 Å². The second-order valence-electron chi connectivity index (χ2n) is 6.02. The third-order valence-corrected chi connectivity index (χ3v) is 4.53. The highest BCUT2D eigenvalue weighted by molar-refractivity contribution is 5.78. The van der Waals surface area contributed by atoms with Crippen LogP contribution in [0.1, 0.15) is 32.6 Å². The number of fused-ring (bicyclic) bond motifs is 2. The van der Waals surface area contributed by atoms with Crippen molar-refractivity contribution in [1.29, 1.82) is 0 Å². The Morgan fingerprint density at radius 2 is 2.15 bits per heavy atom. The minimum absolute atomic E-state index is 0.0590. The molecule has 114 valence electrons. The summed E-state index contributed by atoms with van der Waals surface area (Å²) < 4.78 is 17.2. The molecule has 0 radical (unpaired) electrons. The quantitative estimate of drug-likeness (QED) is 0.735. The highest BCUT2D eigenvalue weighted by atomic mass is 16.5. The smallest absolute Gasteiger partial charge is 0.248 e. The summed E-state index contributed by atoms with van der Waals surface area (Å²) >= 11 is 0. The molecule has 3 atom stereocenters. The van der Waals surface area contributed by atoms with Crippen molar-refractivity contribution in [3.8, 4) is 0 Å². The van der Waals surface area contributed by atoms with Crippen LogP contribution in [-0.2, 0) is 19.0 Å². The first kappa shape index (κ1) is 14.3. The lowest BCUT2D eigenvalue weighted by Crippen LogP contribution is -2.48. The van der Waals surface area contributed by atoms with Crippen molar-refractivity contribution < 1.29 is 19.0 Å². The van der Waals surface area contributed by atoms with Crippen LogP contribution in [0, 0.1) is 5.92 Å². The summed E-state index contributed by atoms with van der Waals surface area (Å²) in [5.41, 5.74) is 0. The molecule has 2 bridgehead atoms. The van der Waals surface area contributed by atoms with Gasteiger partial charge in [0, 0.05) is 19.8 Å². The van der Waals surface area contributed by atoms with Gasteiger partial charge in [-0.15, -0.1) is 0 Å². The lowest BCUT2D eigenvalue weighted by Gasteiger charge is -2.31. The van der Waals surface area contributed by atoms with Gasteiger partial charge in [-0.05, 0) is 38.5 Å². The molecule has 2 saturated carbocycles. The van der Waals surface area contributed by atoms with Crippen LogP contribution in [0.4, 0.5) is 0 Å². The topological polar surface area (TPSA) is 48.0 Å². The molecule has 0 N–H and O–H groups in total. The summed E-state index contributed by atoms with van der Waals surface area (Å²) in [6, 6.07) is 0.175. The molecule has 0 aromatic carbocycles. The average Bonchev–Trinajstić information content (AvgIpc) is 3.19. The van der Waals surface area contributed by atoms with Gasteiger partial charge >= 0.3 is 0 Å². The van der Waals surface area contributed by atoms with Gasteiger partial charge in [-0.1, -0.05) is 0 Å². The minimum atomic E-state index is 0.0590. The zero-order valence-corrected chi connectivity index (χ0v) is 12.3. The normalized spacial score (nSPS) is 33.2. The van der Waals surface area contributed by atoms with Gasteiger partial charge in [0.25, 0.3) is 0 Å². The fourth-order valence-corrected chi connectivity index (χ4v) is 3.22. The molecule has 3 unspecified atom stereocenters. The lowest BCUT2D eigenvalue weighted by atomic mass is 10.1. The molecule has 0 aromatic heterocycles. The highest BCUT2D eigenvalue weighted by Gasteiger charge is 2.45. The number of hydrogen-bond donors (Lipinski definition) is 0. The standard InChI is InChI=1S/C15H25NO4/c1-2-18-10-14(17)16-7-8-19-13-6-5-12(16)15(13)20-9-11-3-4-11/h11-13,15H,2-10H2,1H3. The molecule has 20 heavy (non-hydrogen) atoms. The van der Waals surface area contributed by atoms with E-state index in [4.69, 9.17) is 14.2 Å². The number of ether oxygens (including phenoxy) is 3. The predicted molar refractivity (Wildman–Crippen MR) is 73.4 cm³/mol. The highest BCUT2D eigenvalue weighted by Crippen LogP contribution is 2.35. The van der Waals surface area contributed by atoms with Gasteiger partial charge in [0.1, 0.15) is 12.7 Å². The van der Waals surface area contributed by atoms with Crippen molar-refractivity contribution in [3.63, 3.8) is 0 Å². The van der Waals surface area contributed by atoms with Crippen molar-refractivity contribution in [2.24, 2.45) is 5.92 Å². The Balaban J connectivity index is 1.62. The Bertz CT molecular complexity index is 345. The van der Waals surface area contributed by atoms with Gasteiger partial charge in [-0.3, -0.25) is 4.79 Å². The molecule has 2 aliphatic carbocycles. The molecule has 3 aliphatic rings. The van der Waals surface area contributed by atoms with Gasteiger partial charge in [0.15, 0.2) is 0 Å². The van der Waals surface area contributed by atoms with Crippen LogP contribution < -0.4 is 0 Å². The van der Waals surface area contributed by atoms with E-state index in [1.165, 1.54) is 12.8 Å². The third-order valence-electron chi connectivity index (χ3n) is 4.53. The van der Waals surface area contributed by atoms with Gasteiger partial charge in [0.05, 0.1) is 18.8 Å². The summed E-state index contributed by atoms with van der Waals surface area (Å²) in [5.74, 6) is 0.813. The molecule has 1 heterocycles. The van der Waals surface area contributed by atoms with E-state index < -0.39 is 0 Å². The van der Waals surface area contributed by atoms with E-state index in [1.807, 2.05) is 11.8 Å². The lowest BCUT2D eigenvalue weighted by molar-refractivity contribution is -0.140. The van der Waals surface area contributed by atoms with Crippen molar-refractivity contribution >= 4 is 5.91 Å². The van der Waals surface area contributed by atoms with E-state index >= 15 is 0 Å². The van der Waals surface area contributed by atoms with E-state index in [-0.39, 0.29) is 30.8 Å². The molecule has 0 aromatic rings. The first-order chi connectivity index (χ1) is 9.79. The molecule has 1 aliphatic heterocycles. The maximum Gasteiger partial charge on any atom is 0.248 e. The average molecular weight is 283 g/mol. The van der Waals surface area contributed by atoms with Crippen LogP contribution in [0.25, 0.3) is 0 Å². The van der Waals surface area contributed by atoms with Gasteiger partial charge in [0.2, 0.25) is 5.91 Å². The number of carbonyl (C=O) groups is 1. The van der Waals surface area contributed by atoms with Crippen molar-refractivity contribution in [1.82, 2.24) is 4.90 Å². The van der Waals surface area contributed by atoms with Crippen LogP contribution in [0.2, 0.25) is 0 Å². The molecular weight excluding hydrogens is 258 g/mol. The Labute approximate surface area is 120 Å². The zero-order chi connectivity index (χ0) is 13.9. The number of rotatable bonds is 6. The largest absolute Gasteiger partial charge is 0.374 e. The molecular formula is C15H25NO4. The van der Waals surface area contributed by atoms with E-state index in [0.717, 1.165) is 25.4 Å². The Morgan fingerprint density at radius 1 is 1.30 bits per heavy atom. The van der Waals surface area contributed by atoms with Crippen LogP contribution in [0.15, 0.2) is 0 Å². The molecule has 3 rings (SSSR count). The molecule has 5 heteroatoms. The molecule has 1 amide bonds. The maximum atomic E-state index is 12.3. The van der Waals surface area contributed by atoms with Crippen molar-refractivity contribution in [2.75, 3.05) is 33.0 Å². The summed E-state index contributed by atoms with van der Waals surface area (Å²) in [6.45, 7) is 4.76. The summed E-state index contributed by atoms with van der Waals surface area (Å²) in [7, 11) is 0. The maximum absolute atomic E-state index is 12.3. The fraction of sp³-hybridized carbons (Fsp3) is 0.933. The molecule has 1 saturated heterocycles. The van der Waals surface area contributed by atoms with Crippen LogP contribution in [0.3, 0.4) is 0 Å². The molecule has 0 spiro atoms. The zero-order valence-electron chi connectivity index (χ0n) is 12.3. The summed E-state index contributed by atoms with van der Waals surface area (Å²) in [5, 5.41) is 0. The van der Waals surface area contributed by atoms with Crippen LogP contribution in [0.5, 0.6) is 0 Å². The Morgan fingerprint density at radius 3 is 2.90 bits per heavy atom. The van der Waals surface area contributed by atoms with Crippen LogP contribution in [-0.4, -0.2) is 62.0 Å². The fourth-order valence-electron chi connectivity index (χ4n) is 3.22. The Hall–Kier alpha value is -0.650. The van der Waals surface area contributed by atoms with E-state index in [0.29, 0.717) is 19.8 Å². The van der Waals surface area contributed by atoms with Gasteiger partial charge in [-0.25, -0.2) is 0 Å². The summed E-state index contributed by atoms with van der Waals surface area (Å²) in [4.78, 5) is 14.2. The first-order valence-electron chi connectivity index (χ1n) is 7.90. The van der Waals surface area contributed by atoms with Crippen molar-refractivity contribution in [2.45, 2.75) is 50.9 Å². The SMILES string of the molecule is CCOCC(=O)N1CCOC2CCC1C2OCC1CC1. The van der Waals surface area contributed by atoms with E-state index in [9.17, 15) is 4.79 Å². The number of amides is 1. The Kier molecular flexibility index (Phi) is 4.58. The van der Waals surface area contributed by atoms with Gasteiger partial charge < -0.3 is 19.1 Å². The molecule has 3 fully saturated rings. The number of carbonyl (C=O) groups excluding carboxylic acids is 1. The second-order valence-corrected chi connectivity index (χ2v) is 6.02. The summed E-state index contributed by atoms with van der Waals surface area (Å²) in [6.07, 6.45) is 4.79. The number of nitrogens with zero attached hydrogens (tertiary/aromatic N) is 1. The van der Waals surface area contributed by atoms with E-state index in [1.54, 1.807) is 0 Å². The second kappa shape index (κ2) is 6.41.